The van der Waals surface area contributed by atoms with Crippen LogP contribution >= 0.6 is 0 Å². The van der Waals surface area contributed by atoms with Crippen molar-refractivity contribution in [3.63, 3.8) is 0 Å². The minimum atomic E-state index is -0.374. The molecule has 1 aromatic carbocycles. The number of amides is 2. The number of likely N-dealkylation sites (tertiary alicyclic amines) is 1. The summed E-state index contributed by atoms with van der Waals surface area (Å²) in [5, 5.41) is 12.9. The van der Waals surface area contributed by atoms with Gasteiger partial charge in [0, 0.05) is 25.0 Å². The quantitative estimate of drug-likeness (QED) is 0.868. The van der Waals surface area contributed by atoms with Crippen LogP contribution in [0.15, 0.2) is 30.3 Å². The summed E-state index contributed by atoms with van der Waals surface area (Å²) in [6.45, 7) is 3.29. The Labute approximate surface area is 145 Å². The molecule has 1 saturated heterocycles. The molecule has 0 aromatic heterocycles. The first-order valence-corrected chi connectivity index (χ1v) is 9.42. The molecule has 24 heavy (non-hydrogen) atoms. The van der Waals surface area contributed by atoms with Crippen LogP contribution in [0, 0.1) is 5.92 Å². The summed E-state index contributed by atoms with van der Waals surface area (Å²) in [6, 6.07) is 10.7. The van der Waals surface area contributed by atoms with Gasteiger partial charge in [0.15, 0.2) is 0 Å². The molecule has 1 aromatic rings. The van der Waals surface area contributed by atoms with Crippen LogP contribution in [0.2, 0.25) is 0 Å². The molecule has 0 spiro atoms. The predicted octanol–water partition coefficient (Wildman–Crippen LogP) is 3.52. The molecule has 0 radical (unpaired) electrons. The standard InChI is InChI=1S/C20H30N2O2/c1-15(23)13-18(16-7-3-2-4-8-16)14-21-20(24)22-12-11-17-9-5-6-10-19(17)22/h2-4,7-8,15,17-19,23H,5-6,9-14H2,1H3,(H,21,24). The van der Waals surface area contributed by atoms with Gasteiger partial charge in [-0.2, -0.15) is 0 Å². The summed E-state index contributed by atoms with van der Waals surface area (Å²) >= 11 is 0. The Hall–Kier alpha value is -1.55. The smallest absolute Gasteiger partial charge is 0.317 e. The average Bonchev–Trinajstić information content (AvgIpc) is 3.03. The summed E-state index contributed by atoms with van der Waals surface area (Å²) in [7, 11) is 0. The first-order chi connectivity index (χ1) is 11.6. The molecule has 2 fully saturated rings. The Morgan fingerprint density at radius 1 is 1.25 bits per heavy atom. The summed E-state index contributed by atoms with van der Waals surface area (Å²) in [4.78, 5) is 14.7. The van der Waals surface area contributed by atoms with Crippen LogP contribution in [-0.2, 0) is 0 Å². The first kappa shape index (κ1) is 17.3. The molecule has 132 valence electrons. The molecular formula is C20H30N2O2. The van der Waals surface area contributed by atoms with Crippen LogP contribution in [0.1, 0.15) is 56.9 Å². The van der Waals surface area contributed by atoms with Crippen LogP contribution < -0.4 is 5.32 Å². The lowest BCUT2D eigenvalue weighted by Gasteiger charge is -2.32. The van der Waals surface area contributed by atoms with E-state index in [4.69, 9.17) is 0 Å². The lowest BCUT2D eigenvalue weighted by atomic mass is 9.85. The number of hydrogen-bond acceptors (Lipinski definition) is 2. The van der Waals surface area contributed by atoms with E-state index in [0.717, 1.165) is 19.4 Å². The third-order valence-corrected chi connectivity index (χ3v) is 5.67. The second kappa shape index (κ2) is 8.02. The van der Waals surface area contributed by atoms with Crippen LogP contribution in [0.5, 0.6) is 0 Å². The van der Waals surface area contributed by atoms with Crippen molar-refractivity contribution in [2.75, 3.05) is 13.1 Å². The van der Waals surface area contributed by atoms with Crippen molar-refractivity contribution in [2.24, 2.45) is 5.92 Å². The topological polar surface area (TPSA) is 52.6 Å². The summed E-state index contributed by atoms with van der Waals surface area (Å²) in [5.74, 6) is 0.867. The van der Waals surface area contributed by atoms with Crippen LogP contribution in [-0.4, -0.2) is 41.3 Å². The van der Waals surface area contributed by atoms with Crippen molar-refractivity contribution in [3.05, 3.63) is 35.9 Å². The fourth-order valence-electron chi connectivity index (χ4n) is 4.44. The zero-order chi connectivity index (χ0) is 16.9. The number of fused-ring (bicyclic) bond motifs is 1. The van der Waals surface area contributed by atoms with E-state index >= 15 is 0 Å². The summed E-state index contributed by atoms with van der Waals surface area (Å²) in [5.41, 5.74) is 1.18. The maximum absolute atomic E-state index is 12.7. The highest BCUT2D eigenvalue weighted by atomic mass is 16.3. The van der Waals surface area contributed by atoms with Crippen molar-refractivity contribution in [3.8, 4) is 0 Å². The highest BCUT2D eigenvalue weighted by molar-refractivity contribution is 5.75. The Kier molecular flexibility index (Phi) is 5.77. The van der Waals surface area contributed by atoms with Gasteiger partial charge in [0.2, 0.25) is 0 Å². The van der Waals surface area contributed by atoms with Gasteiger partial charge < -0.3 is 15.3 Å². The third-order valence-electron chi connectivity index (χ3n) is 5.67. The van der Waals surface area contributed by atoms with E-state index in [1.165, 1.54) is 24.8 Å². The SMILES string of the molecule is CC(O)CC(CNC(=O)N1CCC2CCCCC21)c1ccccc1. The van der Waals surface area contributed by atoms with Gasteiger partial charge in [-0.1, -0.05) is 43.2 Å². The number of aliphatic hydroxyl groups excluding tert-OH is 1. The van der Waals surface area contributed by atoms with Crippen molar-refractivity contribution in [1.82, 2.24) is 10.2 Å². The molecule has 1 saturated carbocycles. The number of hydrogen-bond donors (Lipinski definition) is 2. The fraction of sp³-hybridized carbons (Fsp3) is 0.650. The lowest BCUT2D eigenvalue weighted by molar-refractivity contribution is 0.162. The van der Waals surface area contributed by atoms with Crippen molar-refractivity contribution in [1.29, 1.82) is 0 Å². The van der Waals surface area contributed by atoms with Crippen LogP contribution in [0.25, 0.3) is 0 Å². The molecule has 4 atom stereocenters. The van der Waals surface area contributed by atoms with E-state index in [-0.39, 0.29) is 18.1 Å². The summed E-state index contributed by atoms with van der Waals surface area (Å²) in [6.07, 6.45) is 6.46. The number of urea groups is 1. The minimum absolute atomic E-state index is 0.0796. The monoisotopic (exact) mass is 330 g/mol. The molecule has 4 heteroatoms. The van der Waals surface area contributed by atoms with Crippen molar-refractivity contribution in [2.45, 2.75) is 63.5 Å². The molecule has 2 N–H and O–H groups in total. The number of nitrogens with one attached hydrogen (secondary N) is 1. The normalized spacial score (nSPS) is 25.8. The second-order valence-electron chi connectivity index (χ2n) is 7.47. The Morgan fingerprint density at radius 3 is 2.75 bits per heavy atom. The molecule has 1 heterocycles. The largest absolute Gasteiger partial charge is 0.393 e. The molecular weight excluding hydrogens is 300 g/mol. The van der Waals surface area contributed by atoms with Gasteiger partial charge in [-0.05, 0) is 44.1 Å². The van der Waals surface area contributed by atoms with Crippen LogP contribution in [0.4, 0.5) is 4.79 Å². The number of rotatable bonds is 5. The highest BCUT2D eigenvalue weighted by Crippen LogP contribution is 2.36. The molecule has 2 aliphatic rings. The predicted molar refractivity (Wildman–Crippen MR) is 95.9 cm³/mol. The maximum Gasteiger partial charge on any atom is 0.317 e. The average molecular weight is 330 g/mol. The Balaban J connectivity index is 1.59. The minimum Gasteiger partial charge on any atom is -0.393 e. The highest BCUT2D eigenvalue weighted by Gasteiger charge is 2.38. The van der Waals surface area contributed by atoms with Gasteiger partial charge in [-0.3, -0.25) is 0 Å². The molecule has 0 bridgehead atoms. The first-order valence-electron chi connectivity index (χ1n) is 9.42. The Morgan fingerprint density at radius 2 is 2.00 bits per heavy atom. The molecule has 2 amide bonds. The van der Waals surface area contributed by atoms with E-state index in [1.54, 1.807) is 0 Å². The molecule has 3 rings (SSSR count). The van der Waals surface area contributed by atoms with E-state index in [0.29, 0.717) is 24.9 Å². The van der Waals surface area contributed by atoms with Gasteiger partial charge in [-0.25, -0.2) is 4.79 Å². The van der Waals surface area contributed by atoms with Gasteiger partial charge >= 0.3 is 6.03 Å². The van der Waals surface area contributed by atoms with Gasteiger partial charge in [0.25, 0.3) is 0 Å². The van der Waals surface area contributed by atoms with Crippen molar-refractivity contribution >= 4 is 6.03 Å². The van der Waals surface area contributed by atoms with Gasteiger partial charge in [-0.15, -0.1) is 0 Å². The number of benzene rings is 1. The number of carbonyl (C=O) groups excluding carboxylic acids is 1. The second-order valence-corrected chi connectivity index (χ2v) is 7.47. The molecule has 1 aliphatic carbocycles. The number of nitrogens with zero attached hydrogens (tertiary/aromatic N) is 1. The van der Waals surface area contributed by atoms with Gasteiger partial charge in [0.1, 0.15) is 0 Å². The van der Waals surface area contributed by atoms with E-state index < -0.39 is 0 Å². The van der Waals surface area contributed by atoms with E-state index in [9.17, 15) is 9.90 Å². The van der Waals surface area contributed by atoms with E-state index in [1.807, 2.05) is 25.1 Å². The summed E-state index contributed by atoms with van der Waals surface area (Å²) < 4.78 is 0. The van der Waals surface area contributed by atoms with Crippen LogP contribution in [0.3, 0.4) is 0 Å². The Bertz CT molecular complexity index is 532. The third kappa shape index (κ3) is 4.10. The molecule has 4 nitrogen and oxygen atoms in total. The lowest BCUT2D eigenvalue weighted by Crippen LogP contribution is -2.46. The van der Waals surface area contributed by atoms with E-state index in [2.05, 4.69) is 22.3 Å². The van der Waals surface area contributed by atoms with Crippen molar-refractivity contribution < 1.29 is 9.90 Å². The zero-order valence-electron chi connectivity index (χ0n) is 14.7. The zero-order valence-corrected chi connectivity index (χ0v) is 14.7. The van der Waals surface area contributed by atoms with Gasteiger partial charge in [0.05, 0.1) is 6.10 Å². The number of aliphatic hydroxyl groups is 1. The number of carbonyl (C=O) groups is 1. The fourth-order valence-corrected chi connectivity index (χ4v) is 4.44. The maximum atomic E-state index is 12.7. The molecule has 4 unspecified atom stereocenters. The molecule has 1 aliphatic heterocycles.